The van der Waals surface area contributed by atoms with Crippen LogP contribution in [0.25, 0.3) is 5.65 Å². The highest BCUT2D eigenvalue weighted by Crippen LogP contribution is 2.38. The maximum atomic E-state index is 13.1. The van der Waals surface area contributed by atoms with E-state index in [2.05, 4.69) is 43.6 Å². The van der Waals surface area contributed by atoms with Crippen LogP contribution in [0.3, 0.4) is 0 Å². The SMILES string of the molecule is COc1cc(C2CCN(C(=O)[C@@H](C)N3CCC3)CC2)c(C)cc1Nc1nc(Nc2ccccc2S(=O)(=O)C(C)C)n2nccc2n1. The van der Waals surface area contributed by atoms with Crippen molar-refractivity contribution in [3.05, 3.63) is 59.8 Å². The maximum Gasteiger partial charge on any atom is 0.239 e. The van der Waals surface area contributed by atoms with Crippen LogP contribution in [0.1, 0.15) is 57.1 Å². The minimum absolute atomic E-state index is 0.0416. The zero-order valence-corrected chi connectivity index (χ0v) is 27.8. The third-order valence-corrected chi connectivity index (χ3v) is 11.4. The van der Waals surface area contributed by atoms with E-state index < -0.39 is 15.1 Å². The molecule has 2 N–H and O–H groups in total. The molecule has 0 unspecified atom stereocenters. The van der Waals surface area contributed by atoms with Crippen molar-refractivity contribution in [1.82, 2.24) is 29.4 Å². The molecule has 244 valence electrons. The van der Waals surface area contributed by atoms with Gasteiger partial charge in [-0.05, 0) is 88.3 Å². The van der Waals surface area contributed by atoms with Crippen LogP contribution in [0.5, 0.6) is 5.75 Å². The number of fused-ring (bicyclic) bond motifs is 1. The number of nitrogens with one attached hydrogen (secondary N) is 2. The summed E-state index contributed by atoms with van der Waals surface area (Å²) in [6.45, 7) is 11.0. The lowest BCUT2D eigenvalue weighted by atomic mass is 9.86. The van der Waals surface area contributed by atoms with Gasteiger partial charge in [-0.15, -0.1) is 0 Å². The Morgan fingerprint density at radius 1 is 0.978 bits per heavy atom. The summed E-state index contributed by atoms with van der Waals surface area (Å²) in [5.41, 5.74) is 3.96. The first-order valence-corrected chi connectivity index (χ1v) is 17.4. The predicted octanol–water partition coefficient (Wildman–Crippen LogP) is 4.91. The highest BCUT2D eigenvalue weighted by atomic mass is 32.2. The second kappa shape index (κ2) is 12.9. The predicted molar refractivity (Wildman–Crippen MR) is 178 cm³/mol. The standard InChI is InChI=1S/C33H42N8O4S/c1-21(2)46(43,44)29-10-7-6-9-26(29)36-33-38-32(37-30-11-14-34-41(30)33)35-27-19-22(3)25(20-28(27)45-5)24-12-17-40(18-13-24)31(42)23(4)39-15-8-16-39/h6-7,9-11,14,19-21,23-24H,8,12-13,15-18H2,1-5H3,(H2,35,36,37,38)/t23-/m1/s1. The quantitative estimate of drug-likeness (QED) is 0.245. The fourth-order valence-electron chi connectivity index (χ4n) is 6.24. The molecule has 46 heavy (non-hydrogen) atoms. The molecule has 13 heteroatoms. The van der Waals surface area contributed by atoms with Gasteiger partial charge in [-0.1, -0.05) is 12.1 Å². The Kier molecular flexibility index (Phi) is 8.88. The van der Waals surface area contributed by atoms with Crippen LogP contribution >= 0.6 is 0 Å². The van der Waals surface area contributed by atoms with Crippen molar-refractivity contribution in [3.63, 3.8) is 0 Å². The summed E-state index contributed by atoms with van der Waals surface area (Å²) in [5, 5.41) is 10.3. The molecule has 6 rings (SSSR count). The number of rotatable bonds is 10. The van der Waals surface area contributed by atoms with E-state index in [9.17, 15) is 13.2 Å². The van der Waals surface area contributed by atoms with Crippen molar-refractivity contribution in [2.24, 2.45) is 0 Å². The number of hydrogen-bond donors (Lipinski definition) is 2. The van der Waals surface area contributed by atoms with Gasteiger partial charge < -0.3 is 20.3 Å². The minimum atomic E-state index is -3.56. The lowest BCUT2D eigenvalue weighted by molar-refractivity contribution is -0.138. The van der Waals surface area contributed by atoms with Gasteiger partial charge in [0.25, 0.3) is 0 Å². The minimum Gasteiger partial charge on any atom is -0.495 e. The average molecular weight is 647 g/mol. The van der Waals surface area contributed by atoms with E-state index in [-0.39, 0.29) is 16.8 Å². The molecule has 4 heterocycles. The lowest BCUT2D eigenvalue weighted by Gasteiger charge is -2.40. The molecule has 0 saturated carbocycles. The second-order valence-corrected chi connectivity index (χ2v) is 14.9. The third-order valence-electron chi connectivity index (χ3n) is 9.19. The van der Waals surface area contributed by atoms with Crippen LogP contribution in [0.4, 0.5) is 23.3 Å². The van der Waals surface area contributed by atoms with Gasteiger partial charge in [-0.3, -0.25) is 9.69 Å². The molecular formula is C33H42N8O4S. The van der Waals surface area contributed by atoms with Crippen molar-refractivity contribution in [3.8, 4) is 5.75 Å². The van der Waals surface area contributed by atoms with Gasteiger partial charge in [0.05, 0.1) is 40.9 Å². The summed E-state index contributed by atoms with van der Waals surface area (Å²) in [6.07, 6.45) is 4.59. The first-order valence-electron chi connectivity index (χ1n) is 15.9. The van der Waals surface area contributed by atoms with E-state index in [0.29, 0.717) is 40.6 Å². The van der Waals surface area contributed by atoms with Gasteiger partial charge in [0.15, 0.2) is 15.5 Å². The van der Waals surface area contributed by atoms with Crippen molar-refractivity contribution in [2.45, 2.75) is 69.1 Å². The number of carbonyl (C=O) groups is 1. The third kappa shape index (κ3) is 6.13. The van der Waals surface area contributed by atoms with Crippen LogP contribution in [0, 0.1) is 6.92 Å². The average Bonchev–Trinajstić information content (AvgIpc) is 3.49. The summed E-state index contributed by atoms with van der Waals surface area (Å²) in [4.78, 5) is 26.8. The molecule has 1 atom stereocenters. The van der Waals surface area contributed by atoms with Gasteiger partial charge in [-0.25, -0.2) is 8.42 Å². The molecule has 4 aromatic rings. The molecule has 2 fully saturated rings. The Bertz CT molecular complexity index is 1850. The highest BCUT2D eigenvalue weighted by Gasteiger charge is 2.32. The number of hydrogen-bond acceptors (Lipinski definition) is 10. The molecule has 0 aliphatic carbocycles. The number of anilines is 4. The molecule has 1 amide bonds. The summed E-state index contributed by atoms with van der Waals surface area (Å²) in [7, 11) is -1.92. The van der Waals surface area contributed by atoms with Gasteiger partial charge >= 0.3 is 0 Å². The smallest absolute Gasteiger partial charge is 0.239 e. The number of likely N-dealkylation sites (tertiary alicyclic amines) is 2. The van der Waals surface area contributed by atoms with Crippen molar-refractivity contribution < 1.29 is 17.9 Å². The van der Waals surface area contributed by atoms with Gasteiger partial charge in [0.2, 0.25) is 17.8 Å². The summed E-state index contributed by atoms with van der Waals surface area (Å²) < 4.78 is 33.5. The molecule has 2 aliphatic heterocycles. The van der Waals surface area contributed by atoms with Crippen LogP contribution in [0.15, 0.2) is 53.6 Å². The number of methoxy groups -OCH3 is 1. The Balaban J connectivity index is 1.23. The molecule has 0 radical (unpaired) electrons. The van der Waals surface area contributed by atoms with E-state index in [1.165, 1.54) is 16.5 Å². The zero-order valence-electron chi connectivity index (χ0n) is 27.0. The number of ether oxygens (including phenoxy) is 1. The van der Waals surface area contributed by atoms with Crippen LogP contribution in [-0.4, -0.2) is 88.3 Å². The number of sulfone groups is 1. The first kappa shape index (κ1) is 31.7. The van der Waals surface area contributed by atoms with Crippen molar-refractivity contribution in [1.29, 1.82) is 0 Å². The van der Waals surface area contributed by atoms with E-state index >= 15 is 0 Å². The summed E-state index contributed by atoms with van der Waals surface area (Å²) in [6, 6.07) is 12.6. The van der Waals surface area contributed by atoms with Gasteiger partial charge in [0, 0.05) is 32.2 Å². The normalized spacial score (nSPS) is 16.8. The summed E-state index contributed by atoms with van der Waals surface area (Å²) >= 11 is 0. The fourth-order valence-corrected chi connectivity index (χ4v) is 7.45. The Hall–Kier alpha value is -4.23. The Morgan fingerprint density at radius 2 is 1.72 bits per heavy atom. The monoisotopic (exact) mass is 646 g/mol. The van der Waals surface area contributed by atoms with E-state index in [1.807, 2.05) is 17.9 Å². The van der Waals surface area contributed by atoms with Crippen LogP contribution in [0.2, 0.25) is 0 Å². The zero-order chi connectivity index (χ0) is 32.6. The van der Waals surface area contributed by atoms with Crippen molar-refractivity contribution in [2.75, 3.05) is 43.9 Å². The number of amides is 1. The molecule has 2 saturated heterocycles. The molecule has 2 aromatic heterocycles. The second-order valence-electron chi connectivity index (χ2n) is 12.4. The molecule has 0 bridgehead atoms. The van der Waals surface area contributed by atoms with Crippen molar-refractivity contribution >= 4 is 44.7 Å². The van der Waals surface area contributed by atoms with Crippen LogP contribution in [-0.2, 0) is 14.6 Å². The fraction of sp³-hybridized carbons (Fsp3) is 0.455. The number of benzene rings is 2. The highest BCUT2D eigenvalue weighted by molar-refractivity contribution is 7.92. The topological polar surface area (TPSA) is 134 Å². The molecule has 2 aliphatic rings. The number of piperidine rings is 1. The Labute approximate surface area is 270 Å². The number of aromatic nitrogens is 4. The lowest BCUT2D eigenvalue weighted by Crippen LogP contribution is -2.53. The number of carbonyl (C=O) groups excluding carboxylic acids is 1. The maximum absolute atomic E-state index is 13.1. The summed E-state index contributed by atoms with van der Waals surface area (Å²) in [5.74, 6) is 1.82. The van der Waals surface area contributed by atoms with Gasteiger partial charge in [-0.2, -0.15) is 19.6 Å². The van der Waals surface area contributed by atoms with E-state index in [0.717, 1.165) is 44.6 Å². The molecule has 2 aromatic carbocycles. The first-order chi connectivity index (χ1) is 22.1. The Morgan fingerprint density at radius 3 is 2.39 bits per heavy atom. The molecule has 12 nitrogen and oxygen atoms in total. The van der Waals surface area contributed by atoms with Crippen LogP contribution < -0.4 is 15.4 Å². The van der Waals surface area contributed by atoms with E-state index in [4.69, 9.17) is 4.74 Å². The van der Waals surface area contributed by atoms with E-state index in [1.54, 1.807) is 57.5 Å². The number of nitrogens with zero attached hydrogens (tertiary/aromatic N) is 6. The number of aryl methyl sites for hydroxylation is 1. The molecule has 0 spiro atoms. The largest absolute Gasteiger partial charge is 0.495 e. The van der Waals surface area contributed by atoms with Gasteiger partial charge in [0.1, 0.15) is 5.75 Å². The number of para-hydroxylation sites is 1. The molecular weight excluding hydrogens is 604 g/mol.